The summed E-state index contributed by atoms with van der Waals surface area (Å²) in [5.41, 5.74) is 0.826. The fourth-order valence-corrected chi connectivity index (χ4v) is 4.46. The Morgan fingerprint density at radius 1 is 1.33 bits per heavy atom. The molecule has 1 N–H and O–H groups in total. The van der Waals surface area contributed by atoms with Gasteiger partial charge < -0.3 is 10.0 Å². The second-order valence-electron chi connectivity index (χ2n) is 5.68. The number of nitrogens with zero attached hydrogens (tertiary/aromatic N) is 2. The molecular formula is C14H22N2OS. The van der Waals surface area contributed by atoms with E-state index >= 15 is 0 Å². The summed E-state index contributed by atoms with van der Waals surface area (Å²) in [6, 6.07) is 0.709. The van der Waals surface area contributed by atoms with Crippen molar-refractivity contribution in [3.05, 3.63) is 11.1 Å². The Labute approximate surface area is 113 Å². The van der Waals surface area contributed by atoms with Crippen molar-refractivity contribution < 1.29 is 5.11 Å². The summed E-state index contributed by atoms with van der Waals surface area (Å²) in [5, 5.41) is 12.7. The van der Waals surface area contributed by atoms with Crippen LogP contribution in [0.15, 0.2) is 5.38 Å². The number of hydrogen-bond donors (Lipinski definition) is 1. The predicted octanol–water partition coefficient (Wildman–Crippen LogP) is 3.36. The molecule has 1 saturated carbocycles. The van der Waals surface area contributed by atoms with E-state index in [-0.39, 0.29) is 0 Å². The van der Waals surface area contributed by atoms with Gasteiger partial charge in [0, 0.05) is 18.0 Å². The normalized spacial score (nSPS) is 27.0. The molecule has 2 aliphatic rings. The Morgan fingerprint density at radius 2 is 2.11 bits per heavy atom. The van der Waals surface area contributed by atoms with E-state index in [2.05, 4.69) is 9.88 Å². The first-order valence-corrected chi connectivity index (χ1v) is 8.04. The van der Waals surface area contributed by atoms with Crippen molar-refractivity contribution in [2.24, 2.45) is 5.92 Å². The number of aliphatic hydroxyl groups excluding tert-OH is 1. The molecule has 1 aromatic rings. The molecule has 2 fully saturated rings. The van der Waals surface area contributed by atoms with E-state index in [1.807, 2.05) is 5.38 Å². The van der Waals surface area contributed by atoms with Crippen molar-refractivity contribution in [3.8, 4) is 0 Å². The number of thiazole rings is 1. The zero-order valence-electron chi connectivity index (χ0n) is 11.0. The minimum absolute atomic E-state index is 0.442. The van der Waals surface area contributed by atoms with Crippen molar-refractivity contribution in [2.75, 3.05) is 11.4 Å². The van der Waals surface area contributed by atoms with Gasteiger partial charge in [-0.15, -0.1) is 11.3 Å². The lowest BCUT2D eigenvalue weighted by Gasteiger charge is -2.29. The molecule has 2 unspecified atom stereocenters. The topological polar surface area (TPSA) is 36.4 Å². The molecule has 0 radical (unpaired) electrons. The molecular weight excluding hydrogens is 244 g/mol. The zero-order valence-corrected chi connectivity index (χ0v) is 11.8. The van der Waals surface area contributed by atoms with Crippen LogP contribution in [0.5, 0.6) is 0 Å². The lowest BCUT2D eigenvalue weighted by atomic mass is 9.96. The Morgan fingerprint density at radius 3 is 2.78 bits per heavy atom. The van der Waals surface area contributed by atoms with Gasteiger partial charge in [0.25, 0.3) is 0 Å². The van der Waals surface area contributed by atoms with E-state index in [9.17, 15) is 5.11 Å². The molecule has 4 heteroatoms. The van der Waals surface area contributed by atoms with Gasteiger partial charge >= 0.3 is 0 Å². The smallest absolute Gasteiger partial charge is 0.185 e. The highest BCUT2D eigenvalue weighted by atomic mass is 32.1. The third kappa shape index (κ3) is 2.28. The maximum absolute atomic E-state index is 9.58. The van der Waals surface area contributed by atoms with Gasteiger partial charge in [0.05, 0.1) is 11.8 Å². The summed E-state index contributed by atoms with van der Waals surface area (Å²) < 4.78 is 0. The van der Waals surface area contributed by atoms with Crippen molar-refractivity contribution in [3.63, 3.8) is 0 Å². The monoisotopic (exact) mass is 266 g/mol. The van der Waals surface area contributed by atoms with Crippen LogP contribution in [-0.4, -0.2) is 22.7 Å². The van der Waals surface area contributed by atoms with Gasteiger partial charge in [-0.1, -0.05) is 12.8 Å². The summed E-state index contributed by atoms with van der Waals surface area (Å²) >= 11 is 1.69. The van der Waals surface area contributed by atoms with Crippen LogP contribution in [0.1, 0.15) is 57.2 Å². The third-order valence-corrected chi connectivity index (χ3v) is 5.32. The van der Waals surface area contributed by atoms with Crippen LogP contribution in [-0.2, 0) is 0 Å². The fraction of sp³-hybridized carbons (Fsp3) is 0.786. The maximum Gasteiger partial charge on any atom is 0.185 e. The van der Waals surface area contributed by atoms with Crippen LogP contribution in [0.3, 0.4) is 0 Å². The molecule has 1 aliphatic carbocycles. The minimum Gasteiger partial charge on any atom is -0.387 e. The number of anilines is 1. The quantitative estimate of drug-likeness (QED) is 0.911. The number of aromatic nitrogens is 1. The Balaban J connectivity index is 1.76. The fourth-order valence-electron chi connectivity index (χ4n) is 3.46. The molecule has 2 heterocycles. The highest BCUT2D eigenvalue weighted by Gasteiger charge is 2.34. The Bertz CT molecular complexity index is 398. The van der Waals surface area contributed by atoms with Gasteiger partial charge in [-0.3, -0.25) is 0 Å². The van der Waals surface area contributed by atoms with Crippen LogP contribution in [0, 0.1) is 5.92 Å². The van der Waals surface area contributed by atoms with E-state index in [1.165, 1.54) is 38.5 Å². The van der Waals surface area contributed by atoms with E-state index in [1.54, 1.807) is 18.3 Å². The molecule has 18 heavy (non-hydrogen) atoms. The van der Waals surface area contributed by atoms with Gasteiger partial charge in [-0.25, -0.2) is 4.98 Å². The molecule has 1 aromatic heterocycles. The maximum atomic E-state index is 9.58. The molecule has 0 amide bonds. The number of hydrogen-bond acceptors (Lipinski definition) is 4. The first-order chi connectivity index (χ1) is 8.75. The van der Waals surface area contributed by atoms with Gasteiger partial charge in [-0.05, 0) is 38.5 Å². The summed E-state index contributed by atoms with van der Waals surface area (Å²) in [5.74, 6) is 0.881. The molecule has 1 aliphatic heterocycles. The highest BCUT2D eigenvalue weighted by molar-refractivity contribution is 7.13. The van der Waals surface area contributed by atoms with Crippen LogP contribution in [0.25, 0.3) is 0 Å². The molecule has 2 atom stereocenters. The molecule has 1 saturated heterocycles. The largest absolute Gasteiger partial charge is 0.387 e. The number of aliphatic hydroxyl groups is 1. The van der Waals surface area contributed by atoms with Crippen LogP contribution < -0.4 is 4.90 Å². The van der Waals surface area contributed by atoms with Crippen LogP contribution in [0.4, 0.5) is 5.13 Å². The number of rotatable bonds is 3. The van der Waals surface area contributed by atoms with Gasteiger partial charge in [0.1, 0.15) is 0 Å². The lowest BCUT2D eigenvalue weighted by molar-refractivity contribution is 0.195. The van der Waals surface area contributed by atoms with E-state index < -0.39 is 6.10 Å². The van der Waals surface area contributed by atoms with Gasteiger partial charge in [-0.2, -0.15) is 0 Å². The summed E-state index contributed by atoms with van der Waals surface area (Å²) in [4.78, 5) is 7.11. The van der Waals surface area contributed by atoms with Crippen molar-refractivity contribution >= 4 is 16.5 Å². The summed E-state index contributed by atoms with van der Waals surface area (Å²) in [6.45, 7) is 2.94. The third-order valence-electron chi connectivity index (χ3n) is 4.43. The predicted molar refractivity (Wildman–Crippen MR) is 75.1 cm³/mol. The van der Waals surface area contributed by atoms with E-state index in [4.69, 9.17) is 0 Å². The molecule has 0 aromatic carbocycles. The first kappa shape index (κ1) is 12.4. The van der Waals surface area contributed by atoms with E-state index in [0.717, 1.165) is 23.3 Å². The molecule has 3 nitrogen and oxygen atoms in total. The Hall–Kier alpha value is -0.610. The summed E-state index contributed by atoms with van der Waals surface area (Å²) in [7, 11) is 0. The van der Waals surface area contributed by atoms with Crippen molar-refractivity contribution in [2.45, 2.75) is 57.6 Å². The van der Waals surface area contributed by atoms with Crippen molar-refractivity contribution in [1.82, 2.24) is 4.98 Å². The average Bonchev–Trinajstić information content (AvgIpc) is 3.10. The molecule has 0 spiro atoms. The SMILES string of the molecule is CC(O)c1csc(N2CCCC2C2CCCC2)n1. The zero-order chi connectivity index (χ0) is 12.5. The van der Waals surface area contributed by atoms with Crippen LogP contribution in [0.2, 0.25) is 0 Å². The molecule has 0 bridgehead atoms. The minimum atomic E-state index is -0.442. The molecule has 3 rings (SSSR count). The lowest BCUT2D eigenvalue weighted by Crippen LogP contribution is -2.34. The van der Waals surface area contributed by atoms with E-state index in [0.29, 0.717) is 6.04 Å². The second-order valence-corrected chi connectivity index (χ2v) is 6.51. The highest BCUT2D eigenvalue weighted by Crippen LogP contribution is 2.38. The average molecular weight is 266 g/mol. The van der Waals surface area contributed by atoms with Gasteiger partial charge in [0.15, 0.2) is 5.13 Å². The summed E-state index contributed by atoms with van der Waals surface area (Å²) in [6.07, 6.45) is 7.80. The van der Waals surface area contributed by atoms with Crippen LogP contribution >= 0.6 is 11.3 Å². The van der Waals surface area contributed by atoms with Gasteiger partial charge in [0.2, 0.25) is 0 Å². The first-order valence-electron chi connectivity index (χ1n) is 7.16. The molecule has 100 valence electrons. The second kappa shape index (κ2) is 5.17. The standard InChI is InChI=1S/C14H22N2OS/c1-10(17)12-9-18-14(15-12)16-8-4-7-13(16)11-5-2-3-6-11/h9-11,13,17H,2-8H2,1H3. The Kier molecular flexibility index (Phi) is 3.57. The van der Waals surface area contributed by atoms with Crippen molar-refractivity contribution in [1.29, 1.82) is 0 Å².